The molecular formula is C18H20N4O5S. The van der Waals surface area contributed by atoms with Gasteiger partial charge in [0.05, 0.1) is 35.7 Å². The Labute approximate surface area is 162 Å². The molecule has 0 bridgehead atoms. The van der Waals surface area contributed by atoms with Crippen LogP contribution < -0.4 is 0 Å². The minimum Gasteiger partial charge on any atom is -0.367 e. The van der Waals surface area contributed by atoms with Gasteiger partial charge in [-0.25, -0.2) is 8.96 Å². The van der Waals surface area contributed by atoms with E-state index in [1.54, 1.807) is 24.3 Å². The van der Waals surface area contributed by atoms with Crippen molar-refractivity contribution in [2.24, 2.45) is 0 Å². The van der Waals surface area contributed by atoms with Crippen LogP contribution in [0.3, 0.4) is 0 Å². The topological polar surface area (TPSA) is 102 Å². The van der Waals surface area contributed by atoms with E-state index in [0.29, 0.717) is 29.7 Å². The van der Waals surface area contributed by atoms with E-state index in [-0.39, 0.29) is 24.5 Å². The van der Waals surface area contributed by atoms with Crippen LogP contribution in [0.2, 0.25) is 0 Å². The maximum Gasteiger partial charge on any atom is 0.308 e. The van der Waals surface area contributed by atoms with Crippen molar-refractivity contribution in [1.82, 2.24) is 18.2 Å². The maximum absolute atomic E-state index is 12.5. The highest BCUT2D eigenvalue weighted by Crippen LogP contribution is 2.34. The molecule has 0 aliphatic carbocycles. The van der Waals surface area contributed by atoms with E-state index < -0.39 is 16.3 Å². The van der Waals surface area contributed by atoms with Crippen LogP contribution in [-0.4, -0.2) is 65.1 Å². The Morgan fingerprint density at radius 3 is 2.39 bits per heavy atom. The van der Waals surface area contributed by atoms with Crippen LogP contribution >= 0.6 is 0 Å². The van der Waals surface area contributed by atoms with Crippen molar-refractivity contribution in [2.45, 2.75) is 25.0 Å². The maximum atomic E-state index is 12.5. The molecule has 148 valence electrons. The van der Waals surface area contributed by atoms with Crippen LogP contribution in [0.15, 0.2) is 36.8 Å². The van der Waals surface area contributed by atoms with Crippen molar-refractivity contribution in [3.8, 4) is 0 Å². The lowest BCUT2D eigenvalue weighted by Gasteiger charge is -2.20. The Balaban J connectivity index is 1.49. The highest BCUT2D eigenvalue weighted by molar-refractivity contribution is 7.87. The number of amides is 2. The van der Waals surface area contributed by atoms with Gasteiger partial charge in [0.25, 0.3) is 11.8 Å². The smallest absolute Gasteiger partial charge is 0.308 e. The van der Waals surface area contributed by atoms with Crippen molar-refractivity contribution in [3.05, 3.63) is 53.6 Å². The number of nitrogens with zero attached hydrogens (tertiary/aromatic N) is 4. The molecule has 2 amide bonds. The normalized spacial score (nSPS) is 22.3. The van der Waals surface area contributed by atoms with Gasteiger partial charge < -0.3 is 4.74 Å². The fourth-order valence-corrected chi connectivity index (χ4v) is 4.51. The molecule has 2 unspecified atom stereocenters. The molecule has 0 radical (unpaired) electrons. The first kappa shape index (κ1) is 18.8. The molecular weight excluding hydrogens is 384 g/mol. The first-order valence-corrected chi connectivity index (χ1v) is 10.3. The summed E-state index contributed by atoms with van der Waals surface area (Å²) in [5.41, 5.74) is 1.23. The van der Waals surface area contributed by atoms with Crippen molar-refractivity contribution in [2.75, 3.05) is 20.6 Å². The third-order valence-corrected chi connectivity index (χ3v) is 6.77. The third kappa shape index (κ3) is 2.93. The SMILES string of the molecule is CN(C)S(=O)(=O)n1cncc1C1CCC(CN2C(=O)c3ccccc3C2=O)O1. The number of hydrogen-bond acceptors (Lipinski definition) is 6. The van der Waals surface area contributed by atoms with Crippen LogP contribution in [0.1, 0.15) is 45.4 Å². The van der Waals surface area contributed by atoms with Crippen molar-refractivity contribution in [3.63, 3.8) is 0 Å². The second-order valence-electron chi connectivity index (χ2n) is 7.00. The molecule has 3 heterocycles. The van der Waals surface area contributed by atoms with Crippen LogP contribution in [0.25, 0.3) is 0 Å². The number of rotatable bonds is 5. The summed E-state index contributed by atoms with van der Waals surface area (Å²) in [5, 5.41) is 0. The van der Waals surface area contributed by atoms with Crippen molar-refractivity contribution >= 4 is 22.0 Å². The Kier molecular flexibility index (Phi) is 4.56. The Morgan fingerprint density at radius 1 is 1.14 bits per heavy atom. The van der Waals surface area contributed by atoms with Gasteiger partial charge in [-0.2, -0.15) is 12.7 Å². The minimum absolute atomic E-state index is 0.136. The number of carbonyl (C=O) groups is 2. The van der Waals surface area contributed by atoms with Crippen molar-refractivity contribution < 1.29 is 22.7 Å². The van der Waals surface area contributed by atoms with Gasteiger partial charge in [-0.3, -0.25) is 14.5 Å². The van der Waals surface area contributed by atoms with Crippen LogP contribution in [0.5, 0.6) is 0 Å². The molecule has 2 aliphatic rings. The summed E-state index contributed by atoms with van der Waals surface area (Å²) in [6, 6.07) is 6.72. The number of benzene rings is 1. The molecule has 2 atom stereocenters. The summed E-state index contributed by atoms with van der Waals surface area (Å²) in [5.74, 6) is -0.652. The Bertz CT molecular complexity index is 1010. The van der Waals surface area contributed by atoms with Crippen molar-refractivity contribution in [1.29, 1.82) is 0 Å². The molecule has 2 aliphatic heterocycles. The van der Waals surface area contributed by atoms with Gasteiger partial charge in [0.1, 0.15) is 12.4 Å². The van der Waals surface area contributed by atoms with E-state index in [9.17, 15) is 18.0 Å². The molecule has 1 aromatic heterocycles. The van der Waals surface area contributed by atoms with Gasteiger partial charge in [0, 0.05) is 14.1 Å². The second kappa shape index (κ2) is 6.80. The van der Waals surface area contributed by atoms with E-state index in [0.717, 1.165) is 8.28 Å². The predicted molar refractivity (Wildman–Crippen MR) is 98.9 cm³/mol. The molecule has 1 saturated heterocycles. The standard InChI is InChI=1S/C18H20N4O5S/c1-20(2)28(25,26)22-11-19-9-15(22)16-8-7-12(27-16)10-21-17(23)13-5-3-4-6-14(13)18(21)24/h3-6,9,11-12,16H,7-8,10H2,1-2H3. The lowest BCUT2D eigenvalue weighted by Crippen LogP contribution is -2.36. The number of ether oxygens (including phenoxy) is 1. The first-order valence-electron chi connectivity index (χ1n) is 8.86. The second-order valence-corrected chi connectivity index (χ2v) is 9.01. The van der Waals surface area contributed by atoms with Gasteiger partial charge in [0.2, 0.25) is 0 Å². The average molecular weight is 404 g/mol. The highest BCUT2D eigenvalue weighted by Gasteiger charge is 2.39. The molecule has 2 aromatic rings. The van der Waals surface area contributed by atoms with E-state index in [4.69, 9.17) is 4.74 Å². The van der Waals surface area contributed by atoms with Gasteiger partial charge in [-0.1, -0.05) is 12.1 Å². The zero-order valence-electron chi connectivity index (χ0n) is 15.5. The monoisotopic (exact) mass is 404 g/mol. The molecule has 0 spiro atoms. The van der Waals surface area contributed by atoms with Gasteiger partial charge in [-0.15, -0.1) is 0 Å². The van der Waals surface area contributed by atoms with Crippen LogP contribution in [0, 0.1) is 0 Å². The average Bonchev–Trinajstić information content (AvgIpc) is 3.38. The third-order valence-electron chi connectivity index (χ3n) is 5.04. The molecule has 1 aromatic carbocycles. The molecule has 0 N–H and O–H groups in total. The van der Waals surface area contributed by atoms with E-state index in [1.807, 2.05) is 0 Å². The fraction of sp³-hybridized carbons (Fsp3) is 0.389. The Hall–Kier alpha value is -2.56. The summed E-state index contributed by atoms with van der Waals surface area (Å²) >= 11 is 0. The first-order chi connectivity index (χ1) is 13.3. The number of imidazole rings is 1. The van der Waals surface area contributed by atoms with Gasteiger partial charge in [0.15, 0.2) is 0 Å². The highest BCUT2D eigenvalue weighted by atomic mass is 32.2. The number of imide groups is 1. The zero-order valence-corrected chi connectivity index (χ0v) is 16.3. The van der Waals surface area contributed by atoms with Crippen LogP contribution in [-0.2, 0) is 14.9 Å². The van der Waals surface area contributed by atoms with Gasteiger partial charge in [-0.05, 0) is 25.0 Å². The summed E-state index contributed by atoms with van der Waals surface area (Å²) in [6.07, 6.45) is 3.05. The molecule has 9 nitrogen and oxygen atoms in total. The predicted octanol–water partition coefficient (Wildman–Crippen LogP) is 1.05. The summed E-state index contributed by atoms with van der Waals surface area (Å²) in [6.45, 7) is 0.136. The molecule has 10 heteroatoms. The largest absolute Gasteiger partial charge is 0.367 e. The van der Waals surface area contributed by atoms with Crippen LogP contribution in [0.4, 0.5) is 0 Å². The summed E-state index contributed by atoms with van der Waals surface area (Å²) in [4.78, 5) is 30.2. The lowest BCUT2D eigenvalue weighted by molar-refractivity contribution is 0.0199. The number of carbonyl (C=O) groups excluding carboxylic acids is 2. The van der Waals surface area contributed by atoms with Gasteiger partial charge >= 0.3 is 10.2 Å². The number of fused-ring (bicyclic) bond motifs is 1. The Morgan fingerprint density at radius 2 is 1.79 bits per heavy atom. The van der Waals surface area contributed by atoms with E-state index >= 15 is 0 Å². The zero-order chi connectivity index (χ0) is 20.1. The number of aromatic nitrogens is 2. The molecule has 0 saturated carbocycles. The summed E-state index contributed by atoms with van der Waals surface area (Å²) < 4.78 is 33.1. The molecule has 1 fully saturated rings. The molecule has 4 rings (SSSR count). The fourth-order valence-electron chi connectivity index (χ4n) is 3.55. The minimum atomic E-state index is -3.71. The summed E-state index contributed by atoms with van der Waals surface area (Å²) in [7, 11) is -0.818. The quantitative estimate of drug-likeness (QED) is 0.691. The lowest BCUT2D eigenvalue weighted by atomic mass is 10.1. The van der Waals surface area contributed by atoms with E-state index in [2.05, 4.69) is 4.98 Å². The number of hydrogen-bond donors (Lipinski definition) is 0. The van der Waals surface area contributed by atoms with E-state index in [1.165, 1.54) is 31.5 Å². The molecule has 28 heavy (non-hydrogen) atoms.